The molecule has 29 heavy (non-hydrogen) atoms. The number of nitrogens with one attached hydrogen (secondary N) is 1. The maximum atomic E-state index is 12.1. The number of esters is 1. The molecule has 0 unspecified atom stereocenters. The van der Waals surface area contributed by atoms with Gasteiger partial charge in [-0.2, -0.15) is 0 Å². The van der Waals surface area contributed by atoms with Crippen molar-refractivity contribution in [3.63, 3.8) is 0 Å². The first-order chi connectivity index (χ1) is 14.1. The fourth-order valence-corrected chi connectivity index (χ4v) is 3.47. The van der Waals surface area contributed by atoms with E-state index >= 15 is 0 Å². The summed E-state index contributed by atoms with van der Waals surface area (Å²) in [4.78, 5) is 27.7. The van der Waals surface area contributed by atoms with Gasteiger partial charge in [0.1, 0.15) is 11.4 Å². The normalized spacial score (nSPS) is 11.2. The summed E-state index contributed by atoms with van der Waals surface area (Å²) in [5.41, 5.74) is 1.80. The molecule has 2 heterocycles. The van der Waals surface area contributed by atoms with Gasteiger partial charge in [-0.05, 0) is 30.3 Å². The SMILES string of the molecule is COC(=O)C=Cc1noc2cc(OCC(=O)Nc3nc4ccccc4s3)ccc12. The lowest BCUT2D eigenvalue weighted by Crippen LogP contribution is -2.19. The van der Waals surface area contributed by atoms with Crippen LogP contribution in [0.5, 0.6) is 5.75 Å². The summed E-state index contributed by atoms with van der Waals surface area (Å²) in [5, 5.41) is 7.86. The Labute approximate surface area is 168 Å². The Morgan fingerprint density at radius 2 is 2.10 bits per heavy atom. The molecule has 146 valence electrons. The van der Waals surface area contributed by atoms with Crippen LogP contribution in [0.25, 0.3) is 27.3 Å². The van der Waals surface area contributed by atoms with Gasteiger partial charge < -0.3 is 14.0 Å². The Bertz CT molecular complexity index is 1190. The molecule has 2 aromatic heterocycles. The van der Waals surface area contributed by atoms with Gasteiger partial charge in [-0.25, -0.2) is 9.78 Å². The second-order valence-electron chi connectivity index (χ2n) is 5.91. The predicted molar refractivity (Wildman–Crippen MR) is 109 cm³/mol. The van der Waals surface area contributed by atoms with Crippen molar-refractivity contribution in [2.75, 3.05) is 19.0 Å². The number of aromatic nitrogens is 2. The van der Waals surface area contributed by atoms with Gasteiger partial charge in [-0.15, -0.1) is 0 Å². The van der Waals surface area contributed by atoms with Gasteiger partial charge in [0.2, 0.25) is 0 Å². The van der Waals surface area contributed by atoms with Gasteiger partial charge in [0.05, 0.1) is 17.3 Å². The molecule has 9 heteroatoms. The molecule has 0 saturated carbocycles. The maximum absolute atomic E-state index is 12.1. The van der Waals surface area contributed by atoms with Crippen LogP contribution in [0, 0.1) is 0 Å². The minimum absolute atomic E-state index is 0.176. The highest BCUT2D eigenvalue weighted by Gasteiger charge is 2.11. The standard InChI is InChI=1S/C20H15N3O5S/c1-26-19(25)9-8-14-13-7-6-12(10-16(13)28-23-14)27-11-18(24)22-20-21-15-4-2-3-5-17(15)29-20/h2-10H,11H2,1H3,(H,21,22,24). The summed E-state index contributed by atoms with van der Waals surface area (Å²) in [6, 6.07) is 12.7. The molecular formula is C20H15N3O5S. The van der Waals surface area contributed by atoms with Crippen LogP contribution >= 0.6 is 11.3 Å². The number of amides is 1. The molecule has 8 nitrogen and oxygen atoms in total. The number of carbonyl (C=O) groups excluding carboxylic acids is 2. The molecular weight excluding hydrogens is 394 g/mol. The van der Waals surface area contributed by atoms with E-state index in [-0.39, 0.29) is 12.5 Å². The lowest BCUT2D eigenvalue weighted by atomic mass is 10.2. The molecule has 2 aromatic carbocycles. The molecule has 0 radical (unpaired) electrons. The van der Waals surface area contributed by atoms with Crippen LogP contribution in [-0.2, 0) is 14.3 Å². The first kappa shape index (κ1) is 18.6. The zero-order valence-electron chi connectivity index (χ0n) is 15.2. The molecule has 4 rings (SSSR count). The van der Waals surface area contributed by atoms with E-state index in [1.165, 1.54) is 30.6 Å². The average Bonchev–Trinajstić information content (AvgIpc) is 3.33. The van der Waals surface area contributed by atoms with Gasteiger partial charge in [-0.3, -0.25) is 10.1 Å². The van der Waals surface area contributed by atoms with Crippen molar-refractivity contribution in [2.24, 2.45) is 0 Å². The van der Waals surface area contributed by atoms with Crippen LogP contribution in [-0.4, -0.2) is 35.7 Å². The Balaban J connectivity index is 1.39. The topological polar surface area (TPSA) is 104 Å². The Morgan fingerprint density at radius 3 is 2.93 bits per heavy atom. The van der Waals surface area contributed by atoms with Crippen molar-refractivity contribution in [3.05, 3.63) is 54.2 Å². The van der Waals surface area contributed by atoms with E-state index in [0.29, 0.717) is 27.5 Å². The number of anilines is 1. The molecule has 0 fully saturated rings. The molecule has 1 amide bonds. The molecule has 0 aliphatic rings. The summed E-state index contributed by atoms with van der Waals surface area (Å²) in [6.07, 6.45) is 2.76. The number of hydrogen-bond acceptors (Lipinski definition) is 8. The zero-order chi connectivity index (χ0) is 20.2. The second kappa shape index (κ2) is 8.11. The van der Waals surface area contributed by atoms with Crippen molar-refractivity contribution in [1.29, 1.82) is 0 Å². The fourth-order valence-electron chi connectivity index (χ4n) is 2.59. The van der Waals surface area contributed by atoms with E-state index < -0.39 is 5.97 Å². The summed E-state index contributed by atoms with van der Waals surface area (Å²) in [5.74, 6) is -0.347. The van der Waals surface area contributed by atoms with Crippen LogP contribution in [0.4, 0.5) is 5.13 Å². The van der Waals surface area contributed by atoms with E-state index in [4.69, 9.17) is 9.26 Å². The minimum Gasteiger partial charge on any atom is -0.484 e. The van der Waals surface area contributed by atoms with E-state index in [0.717, 1.165) is 10.2 Å². The number of fused-ring (bicyclic) bond motifs is 2. The molecule has 0 aliphatic heterocycles. The molecule has 0 saturated heterocycles. The number of methoxy groups -OCH3 is 1. The van der Waals surface area contributed by atoms with Crippen molar-refractivity contribution in [1.82, 2.24) is 10.1 Å². The van der Waals surface area contributed by atoms with E-state index in [1.54, 1.807) is 18.2 Å². The van der Waals surface area contributed by atoms with Crippen molar-refractivity contribution in [3.8, 4) is 5.75 Å². The highest BCUT2D eigenvalue weighted by molar-refractivity contribution is 7.22. The van der Waals surface area contributed by atoms with E-state index in [2.05, 4.69) is 20.2 Å². The maximum Gasteiger partial charge on any atom is 0.330 e. The Morgan fingerprint density at radius 1 is 1.24 bits per heavy atom. The van der Waals surface area contributed by atoms with Crippen LogP contribution in [0.3, 0.4) is 0 Å². The molecule has 4 aromatic rings. The molecule has 1 N–H and O–H groups in total. The quantitative estimate of drug-likeness (QED) is 0.383. The van der Waals surface area contributed by atoms with Gasteiger partial charge >= 0.3 is 5.97 Å². The first-order valence-electron chi connectivity index (χ1n) is 8.56. The van der Waals surface area contributed by atoms with Crippen molar-refractivity contribution >= 4 is 55.6 Å². The number of carbonyl (C=O) groups is 2. The summed E-state index contributed by atoms with van der Waals surface area (Å²) in [6.45, 7) is -0.176. The lowest BCUT2D eigenvalue weighted by Gasteiger charge is -2.05. The fraction of sp³-hybridized carbons (Fsp3) is 0.100. The third-order valence-corrected chi connectivity index (χ3v) is 4.91. The third-order valence-electron chi connectivity index (χ3n) is 3.96. The average molecular weight is 409 g/mol. The lowest BCUT2D eigenvalue weighted by molar-refractivity contribution is -0.134. The molecule has 0 spiro atoms. The van der Waals surface area contributed by atoms with E-state index in [9.17, 15) is 9.59 Å². The first-order valence-corrected chi connectivity index (χ1v) is 9.38. The van der Waals surface area contributed by atoms with Gasteiger partial charge in [0.25, 0.3) is 5.91 Å². The molecule has 0 atom stereocenters. The van der Waals surface area contributed by atoms with Gasteiger partial charge in [0, 0.05) is 17.5 Å². The highest BCUT2D eigenvalue weighted by Crippen LogP contribution is 2.26. The van der Waals surface area contributed by atoms with Gasteiger partial charge in [-0.1, -0.05) is 28.6 Å². The summed E-state index contributed by atoms with van der Waals surface area (Å²) >= 11 is 1.40. The Kier molecular flexibility index (Phi) is 5.21. The number of hydrogen-bond donors (Lipinski definition) is 1. The second-order valence-corrected chi connectivity index (χ2v) is 6.94. The molecule has 0 aliphatic carbocycles. The van der Waals surface area contributed by atoms with Crippen LogP contribution < -0.4 is 10.1 Å². The number of para-hydroxylation sites is 1. The minimum atomic E-state index is -0.486. The van der Waals surface area contributed by atoms with Gasteiger partial charge in [0.15, 0.2) is 17.3 Å². The monoisotopic (exact) mass is 409 g/mol. The number of benzene rings is 2. The predicted octanol–water partition coefficient (Wildman–Crippen LogP) is 3.64. The van der Waals surface area contributed by atoms with E-state index in [1.807, 2.05) is 24.3 Å². The Hall–Kier alpha value is -3.72. The number of nitrogens with zero attached hydrogens (tertiary/aromatic N) is 2. The third kappa shape index (κ3) is 4.25. The zero-order valence-corrected chi connectivity index (χ0v) is 16.1. The molecule has 0 bridgehead atoms. The van der Waals surface area contributed by atoms with Crippen LogP contribution in [0.2, 0.25) is 0 Å². The highest BCUT2D eigenvalue weighted by atomic mass is 32.1. The summed E-state index contributed by atoms with van der Waals surface area (Å²) < 4.78 is 16.3. The van der Waals surface area contributed by atoms with Crippen LogP contribution in [0.15, 0.2) is 53.1 Å². The number of ether oxygens (including phenoxy) is 2. The van der Waals surface area contributed by atoms with Crippen molar-refractivity contribution in [2.45, 2.75) is 0 Å². The van der Waals surface area contributed by atoms with Crippen LogP contribution in [0.1, 0.15) is 5.69 Å². The summed E-state index contributed by atoms with van der Waals surface area (Å²) in [7, 11) is 1.30. The van der Waals surface area contributed by atoms with Crippen molar-refractivity contribution < 1.29 is 23.6 Å². The number of rotatable bonds is 6. The smallest absolute Gasteiger partial charge is 0.330 e. The largest absolute Gasteiger partial charge is 0.484 e. The number of thiazole rings is 1.